The minimum Gasteiger partial charge on any atom is -0.486 e. The van der Waals surface area contributed by atoms with Crippen LogP contribution in [0.4, 0.5) is 4.79 Å². The molecule has 8 heteroatoms. The van der Waals surface area contributed by atoms with E-state index in [4.69, 9.17) is 14.6 Å². The van der Waals surface area contributed by atoms with Crippen LogP contribution >= 0.6 is 0 Å². The van der Waals surface area contributed by atoms with Crippen LogP contribution in [-0.2, 0) is 10.0 Å². The van der Waals surface area contributed by atoms with Gasteiger partial charge in [-0.15, -0.1) is 0 Å². The standard InChI is InChI=1S/C9H9NO6S/c11-9(12)10-17(13,14)6-1-2-7-8(5-6)16-4-3-15-7/h1-2,5,10H,3-4H2,(H,11,12). The van der Waals surface area contributed by atoms with Gasteiger partial charge in [-0.25, -0.2) is 17.9 Å². The van der Waals surface area contributed by atoms with Crippen molar-refractivity contribution < 1.29 is 27.8 Å². The van der Waals surface area contributed by atoms with Crippen LogP contribution < -0.4 is 14.2 Å². The quantitative estimate of drug-likeness (QED) is 0.797. The minimum absolute atomic E-state index is 0.191. The molecule has 0 bridgehead atoms. The third kappa shape index (κ3) is 2.41. The summed E-state index contributed by atoms with van der Waals surface area (Å²) in [6, 6.07) is 3.89. The van der Waals surface area contributed by atoms with Gasteiger partial charge in [0.25, 0.3) is 10.0 Å². The molecule has 0 unspecified atom stereocenters. The highest BCUT2D eigenvalue weighted by molar-refractivity contribution is 7.90. The topological polar surface area (TPSA) is 102 Å². The molecule has 1 aromatic carbocycles. The van der Waals surface area contributed by atoms with Crippen LogP contribution in [0.5, 0.6) is 11.5 Å². The summed E-state index contributed by atoms with van der Waals surface area (Å²) in [6.07, 6.45) is -1.64. The molecule has 0 fully saturated rings. The Balaban J connectivity index is 2.37. The molecule has 1 aromatic rings. The first-order valence-corrected chi connectivity index (χ1v) is 6.13. The molecule has 1 aliphatic rings. The van der Waals surface area contributed by atoms with Crippen LogP contribution in [0.2, 0.25) is 0 Å². The molecule has 2 rings (SSSR count). The molecule has 2 N–H and O–H groups in total. The number of amides is 1. The summed E-state index contributed by atoms with van der Waals surface area (Å²) in [7, 11) is -4.08. The van der Waals surface area contributed by atoms with Gasteiger partial charge in [-0.05, 0) is 12.1 Å². The number of ether oxygens (including phenoxy) is 2. The molecule has 92 valence electrons. The Labute approximate surface area is 97.0 Å². The van der Waals surface area contributed by atoms with Crippen LogP contribution in [0.25, 0.3) is 0 Å². The second kappa shape index (κ2) is 4.13. The molecule has 1 amide bonds. The number of nitrogens with one attached hydrogen (secondary N) is 1. The number of hydrogen-bond acceptors (Lipinski definition) is 5. The Morgan fingerprint density at radius 1 is 1.24 bits per heavy atom. The predicted octanol–water partition coefficient (Wildman–Crippen LogP) is 0.414. The van der Waals surface area contributed by atoms with E-state index < -0.39 is 16.1 Å². The van der Waals surface area contributed by atoms with E-state index in [9.17, 15) is 13.2 Å². The van der Waals surface area contributed by atoms with Crippen molar-refractivity contribution in [1.82, 2.24) is 4.72 Å². The first-order valence-electron chi connectivity index (χ1n) is 4.64. The lowest BCUT2D eigenvalue weighted by Crippen LogP contribution is -2.29. The highest BCUT2D eigenvalue weighted by atomic mass is 32.2. The lowest BCUT2D eigenvalue weighted by atomic mass is 10.3. The molecule has 1 aliphatic heterocycles. The zero-order valence-corrected chi connectivity index (χ0v) is 9.36. The van der Waals surface area contributed by atoms with Gasteiger partial charge in [0, 0.05) is 6.07 Å². The molecular formula is C9H9NO6S. The van der Waals surface area contributed by atoms with Crippen LogP contribution in [0.3, 0.4) is 0 Å². The molecule has 0 atom stereocenters. The van der Waals surface area contributed by atoms with Crippen molar-refractivity contribution in [3.8, 4) is 11.5 Å². The Morgan fingerprint density at radius 3 is 2.53 bits per heavy atom. The first-order chi connectivity index (χ1) is 7.99. The van der Waals surface area contributed by atoms with Gasteiger partial charge >= 0.3 is 6.09 Å². The van der Waals surface area contributed by atoms with Gasteiger partial charge in [-0.2, -0.15) is 0 Å². The normalized spacial score (nSPS) is 14.1. The van der Waals surface area contributed by atoms with E-state index in [0.717, 1.165) is 0 Å². The molecular weight excluding hydrogens is 250 g/mol. The molecule has 0 aliphatic carbocycles. The molecule has 17 heavy (non-hydrogen) atoms. The van der Waals surface area contributed by atoms with Crippen molar-refractivity contribution >= 4 is 16.1 Å². The lowest BCUT2D eigenvalue weighted by molar-refractivity contribution is 0.171. The van der Waals surface area contributed by atoms with Crippen molar-refractivity contribution in [3.05, 3.63) is 18.2 Å². The number of rotatable bonds is 2. The highest BCUT2D eigenvalue weighted by Crippen LogP contribution is 2.32. The Kier molecular flexibility index (Phi) is 2.80. The van der Waals surface area contributed by atoms with Gasteiger partial charge in [-0.1, -0.05) is 0 Å². The predicted molar refractivity (Wildman–Crippen MR) is 55.8 cm³/mol. The van der Waals surface area contributed by atoms with Crippen LogP contribution in [-0.4, -0.2) is 32.8 Å². The van der Waals surface area contributed by atoms with Gasteiger partial charge < -0.3 is 14.6 Å². The maximum atomic E-state index is 11.5. The summed E-state index contributed by atoms with van der Waals surface area (Å²) in [4.78, 5) is 10.1. The Hall–Kier alpha value is -1.96. The number of carbonyl (C=O) groups is 1. The van der Waals surface area contributed by atoms with E-state index in [-0.39, 0.29) is 10.6 Å². The van der Waals surface area contributed by atoms with Crippen molar-refractivity contribution in [1.29, 1.82) is 0 Å². The van der Waals surface area contributed by atoms with E-state index in [2.05, 4.69) is 0 Å². The van der Waals surface area contributed by atoms with Gasteiger partial charge in [0.15, 0.2) is 11.5 Å². The maximum Gasteiger partial charge on any atom is 0.418 e. The van der Waals surface area contributed by atoms with Gasteiger partial charge in [0.2, 0.25) is 0 Å². The number of fused-ring (bicyclic) bond motifs is 1. The number of hydrogen-bond donors (Lipinski definition) is 2. The maximum absolute atomic E-state index is 11.5. The summed E-state index contributed by atoms with van der Waals surface area (Å²) in [5.41, 5.74) is 0. The van der Waals surface area contributed by atoms with E-state index >= 15 is 0 Å². The fourth-order valence-electron chi connectivity index (χ4n) is 1.36. The average molecular weight is 259 g/mol. The van der Waals surface area contributed by atoms with Gasteiger partial charge in [-0.3, -0.25) is 0 Å². The zero-order valence-electron chi connectivity index (χ0n) is 8.54. The van der Waals surface area contributed by atoms with Crippen molar-refractivity contribution in [2.24, 2.45) is 0 Å². The summed E-state index contributed by atoms with van der Waals surface area (Å²) < 4.78 is 34.9. The summed E-state index contributed by atoms with van der Waals surface area (Å²) in [5.74, 6) is 0.718. The van der Waals surface area contributed by atoms with Crippen LogP contribution in [0.15, 0.2) is 23.1 Å². The average Bonchev–Trinajstić information content (AvgIpc) is 2.26. The monoisotopic (exact) mass is 259 g/mol. The van der Waals surface area contributed by atoms with Gasteiger partial charge in [0.1, 0.15) is 13.2 Å². The SMILES string of the molecule is O=C(O)NS(=O)(=O)c1ccc2c(c1)OCCO2. The Bertz CT molecular complexity index is 553. The third-order valence-corrected chi connectivity index (χ3v) is 3.36. The highest BCUT2D eigenvalue weighted by Gasteiger charge is 2.20. The number of carboxylic acid groups (broad SMARTS) is 1. The zero-order chi connectivity index (χ0) is 12.5. The van der Waals surface area contributed by atoms with Crippen molar-refractivity contribution in [3.63, 3.8) is 0 Å². The summed E-state index contributed by atoms with van der Waals surface area (Å²) >= 11 is 0. The third-order valence-electron chi connectivity index (χ3n) is 2.05. The first kappa shape index (κ1) is 11.5. The summed E-state index contributed by atoms with van der Waals surface area (Å²) in [5, 5.41) is 8.40. The van der Waals surface area contributed by atoms with Gasteiger partial charge in [0.05, 0.1) is 4.90 Å². The number of benzene rings is 1. The lowest BCUT2D eigenvalue weighted by Gasteiger charge is -2.18. The second-order valence-electron chi connectivity index (χ2n) is 3.22. The van der Waals surface area contributed by atoms with Crippen molar-refractivity contribution in [2.75, 3.05) is 13.2 Å². The minimum atomic E-state index is -4.08. The molecule has 0 saturated heterocycles. The van der Waals surface area contributed by atoms with E-state index in [1.807, 2.05) is 0 Å². The molecule has 0 spiro atoms. The molecule has 0 radical (unpaired) electrons. The van der Waals surface area contributed by atoms with E-state index in [1.54, 1.807) is 0 Å². The van der Waals surface area contributed by atoms with Crippen LogP contribution in [0, 0.1) is 0 Å². The molecule has 0 aromatic heterocycles. The Morgan fingerprint density at radius 2 is 1.88 bits per heavy atom. The van der Waals surface area contributed by atoms with E-state index in [0.29, 0.717) is 19.0 Å². The van der Waals surface area contributed by atoms with E-state index in [1.165, 1.54) is 22.9 Å². The fraction of sp³-hybridized carbons (Fsp3) is 0.222. The second-order valence-corrected chi connectivity index (χ2v) is 4.90. The summed E-state index contributed by atoms with van der Waals surface area (Å²) in [6.45, 7) is 0.718. The number of sulfonamides is 1. The molecule has 7 nitrogen and oxygen atoms in total. The smallest absolute Gasteiger partial charge is 0.418 e. The van der Waals surface area contributed by atoms with Crippen LogP contribution in [0.1, 0.15) is 0 Å². The molecule has 1 heterocycles. The largest absolute Gasteiger partial charge is 0.486 e. The van der Waals surface area contributed by atoms with Crippen molar-refractivity contribution in [2.45, 2.75) is 4.90 Å². The molecule has 0 saturated carbocycles. The fourth-order valence-corrected chi connectivity index (χ4v) is 2.22.